The van der Waals surface area contributed by atoms with Crippen LogP contribution in [0, 0.1) is 0 Å². The number of nitrogens with zero attached hydrogens (tertiary/aromatic N) is 3. The van der Waals surface area contributed by atoms with Crippen molar-refractivity contribution < 1.29 is 0 Å². The van der Waals surface area contributed by atoms with Crippen molar-refractivity contribution in [3.05, 3.63) is 28.2 Å². The van der Waals surface area contributed by atoms with E-state index in [0.29, 0.717) is 5.65 Å². The highest BCUT2D eigenvalue weighted by Crippen LogP contribution is 2.17. The Bertz CT molecular complexity index is 517. The van der Waals surface area contributed by atoms with E-state index in [1.165, 1.54) is 6.07 Å². The average molecular weight is 190 g/mol. The lowest BCUT2D eigenvalue weighted by atomic mass is 10.1. The first-order valence-electron chi connectivity index (χ1n) is 4.41. The number of aromatic nitrogens is 4. The number of hydrogen-bond donors (Lipinski definition) is 1. The normalized spacial score (nSPS) is 11.1. The molecule has 0 saturated heterocycles. The predicted molar refractivity (Wildman–Crippen MR) is 52.0 cm³/mol. The highest BCUT2D eigenvalue weighted by atomic mass is 16.1. The first-order chi connectivity index (χ1) is 6.68. The van der Waals surface area contributed by atoms with Crippen LogP contribution in [0.2, 0.25) is 0 Å². The minimum absolute atomic E-state index is 0.173. The summed E-state index contributed by atoms with van der Waals surface area (Å²) in [5.41, 5.74) is 1.18. The minimum Gasteiger partial charge on any atom is -0.305 e. The maximum Gasteiger partial charge on any atom is 0.249 e. The average Bonchev–Trinajstić information content (AvgIpc) is 2.16. The van der Waals surface area contributed by atoms with Gasteiger partial charge in [-0.15, -0.1) is 10.2 Å². The number of H-pyrrole nitrogens is 1. The van der Waals surface area contributed by atoms with Crippen LogP contribution >= 0.6 is 0 Å². The zero-order valence-electron chi connectivity index (χ0n) is 7.98. The molecule has 2 aromatic rings. The Morgan fingerprint density at radius 3 is 2.79 bits per heavy atom. The molecule has 0 aliphatic heterocycles. The van der Waals surface area contributed by atoms with Gasteiger partial charge < -0.3 is 4.98 Å². The summed E-state index contributed by atoms with van der Waals surface area (Å²) in [5.74, 6) is 0.263. The van der Waals surface area contributed by atoms with E-state index in [-0.39, 0.29) is 11.5 Å². The molecule has 0 amide bonds. The van der Waals surface area contributed by atoms with Crippen LogP contribution in [-0.2, 0) is 0 Å². The number of nitrogens with one attached hydrogen (secondary N) is 1. The third-order valence-corrected chi connectivity index (χ3v) is 2.02. The van der Waals surface area contributed by atoms with E-state index in [1.54, 1.807) is 6.07 Å². The molecule has 0 aromatic carbocycles. The Morgan fingerprint density at radius 1 is 1.29 bits per heavy atom. The van der Waals surface area contributed by atoms with Gasteiger partial charge in [-0.2, -0.15) is 0 Å². The van der Waals surface area contributed by atoms with Gasteiger partial charge in [0.25, 0.3) is 0 Å². The molecular weight excluding hydrogens is 180 g/mol. The lowest BCUT2D eigenvalue weighted by Gasteiger charge is -2.04. The van der Waals surface area contributed by atoms with E-state index in [2.05, 4.69) is 20.4 Å². The summed E-state index contributed by atoms with van der Waals surface area (Å²) in [6.45, 7) is 4.04. The Labute approximate surface area is 80.2 Å². The van der Waals surface area contributed by atoms with Crippen molar-refractivity contribution in [2.45, 2.75) is 19.8 Å². The van der Waals surface area contributed by atoms with Crippen molar-refractivity contribution in [2.24, 2.45) is 0 Å². The summed E-state index contributed by atoms with van der Waals surface area (Å²) < 4.78 is 0. The second-order valence-corrected chi connectivity index (χ2v) is 3.41. The molecule has 0 fully saturated rings. The first kappa shape index (κ1) is 8.80. The molecule has 2 rings (SSSR count). The number of aromatic amines is 1. The zero-order valence-corrected chi connectivity index (χ0v) is 7.98. The molecular formula is C9H10N4O. The second kappa shape index (κ2) is 3.17. The summed E-state index contributed by atoms with van der Waals surface area (Å²) in [7, 11) is 0. The van der Waals surface area contributed by atoms with Crippen molar-refractivity contribution in [1.29, 1.82) is 0 Å². The van der Waals surface area contributed by atoms with Gasteiger partial charge in [0.1, 0.15) is 0 Å². The standard InChI is InChI=1S/C9H10N4O/c1-5(2)8-6-3-4-7(14)10-9(6)12-13-11-8/h3-5H,1-2H3,(H,10,11,12,14). The fraction of sp³-hybridized carbons (Fsp3) is 0.333. The lowest BCUT2D eigenvalue weighted by molar-refractivity contribution is 0.759. The maximum absolute atomic E-state index is 11.0. The topological polar surface area (TPSA) is 71.5 Å². The molecule has 0 bridgehead atoms. The Hall–Kier alpha value is -1.78. The molecule has 0 unspecified atom stereocenters. The fourth-order valence-corrected chi connectivity index (χ4v) is 1.34. The quantitative estimate of drug-likeness (QED) is 0.723. The smallest absolute Gasteiger partial charge is 0.249 e. The molecule has 0 radical (unpaired) electrons. The van der Waals surface area contributed by atoms with Crippen LogP contribution in [0.1, 0.15) is 25.5 Å². The summed E-state index contributed by atoms with van der Waals surface area (Å²) >= 11 is 0. The van der Waals surface area contributed by atoms with Gasteiger partial charge in [0.2, 0.25) is 5.56 Å². The van der Waals surface area contributed by atoms with Gasteiger partial charge in [0.05, 0.1) is 5.69 Å². The largest absolute Gasteiger partial charge is 0.305 e. The van der Waals surface area contributed by atoms with E-state index in [9.17, 15) is 4.79 Å². The molecule has 0 atom stereocenters. The molecule has 72 valence electrons. The summed E-state index contributed by atoms with van der Waals surface area (Å²) in [6, 6.07) is 3.20. The Morgan fingerprint density at radius 2 is 2.07 bits per heavy atom. The van der Waals surface area contributed by atoms with Crippen molar-refractivity contribution >= 4 is 11.0 Å². The number of hydrogen-bond acceptors (Lipinski definition) is 4. The van der Waals surface area contributed by atoms with Gasteiger partial charge in [-0.3, -0.25) is 4.79 Å². The van der Waals surface area contributed by atoms with E-state index in [1.807, 2.05) is 13.8 Å². The zero-order chi connectivity index (χ0) is 10.1. The number of pyridine rings is 1. The molecule has 0 saturated carbocycles. The van der Waals surface area contributed by atoms with Gasteiger partial charge in [0, 0.05) is 11.5 Å². The van der Waals surface area contributed by atoms with Crippen molar-refractivity contribution in [1.82, 2.24) is 20.4 Å². The van der Waals surface area contributed by atoms with E-state index in [0.717, 1.165) is 11.1 Å². The summed E-state index contributed by atoms with van der Waals surface area (Å²) in [4.78, 5) is 13.6. The van der Waals surface area contributed by atoms with E-state index in [4.69, 9.17) is 0 Å². The second-order valence-electron chi connectivity index (χ2n) is 3.41. The van der Waals surface area contributed by atoms with Gasteiger partial charge in [-0.05, 0) is 17.2 Å². The SMILES string of the molecule is CC(C)c1nnnc2[nH]c(=O)ccc12. The van der Waals surface area contributed by atoms with Crippen molar-refractivity contribution in [3.63, 3.8) is 0 Å². The van der Waals surface area contributed by atoms with Gasteiger partial charge >= 0.3 is 0 Å². The lowest BCUT2D eigenvalue weighted by Crippen LogP contribution is -2.07. The van der Waals surface area contributed by atoms with Gasteiger partial charge in [-0.1, -0.05) is 13.8 Å². The Balaban J connectivity index is 2.81. The molecule has 0 aliphatic carbocycles. The maximum atomic E-state index is 11.0. The van der Waals surface area contributed by atoms with Crippen molar-refractivity contribution in [3.8, 4) is 0 Å². The molecule has 1 N–H and O–H groups in total. The molecule has 5 heteroatoms. The number of rotatable bonds is 1. The van der Waals surface area contributed by atoms with Crippen LogP contribution in [0.3, 0.4) is 0 Å². The number of fused-ring (bicyclic) bond motifs is 1. The van der Waals surface area contributed by atoms with E-state index < -0.39 is 0 Å². The third-order valence-electron chi connectivity index (χ3n) is 2.02. The van der Waals surface area contributed by atoms with Crippen LogP contribution < -0.4 is 5.56 Å². The molecule has 14 heavy (non-hydrogen) atoms. The van der Waals surface area contributed by atoms with Crippen molar-refractivity contribution in [2.75, 3.05) is 0 Å². The van der Waals surface area contributed by atoms with Gasteiger partial charge in [0.15, 0.2) is 5.65 Å². The minimum atomic E-state index is -0.173. The summed E-state index contributed by atoms with van der Waals surface area (Å²) in [6.07, 6.45) is 0. The summed E-state index contributed by atoms with van der Waals surface area (Å²) in [5, 5.41) is 12.2. The van der Waals surface area contributed by atoms with Gasteiger partial charge in [-0.25, -0.2) is 0 Å². The third kappa shape index (κ3) is 1.37. The van der Waals surface area contributed by atoms with E-state index >= 15 is 0 Å². The van der Waals surface area contributed by atoms with Crippen LogP contribution in [0.15, 0.2) is 16.9 Å². The molecule has 2 aromatic heterocycles. The van der Waals surface area contributed by atoms with Crippen LogP contribution in [0.5, 0.6) is 0 Å². The predicted octanol–water partition coefficient (Wildman–Crippen LogP) is 0.837. The fourth-order valence-electron chi connectivity index (χ4n) is 1.34. The molecule has 5 nitrogen and oxygen atoms in total. The highest BCUT2D eigenvalue weighted by molar-refractivity contribution is 5.76. The monoisotopic (exact) mass is 190 g/mol. The van der Waals surface area contributed by atoms with Crippen LogP contribution in [0.4, 0.5) is 0 Å². The first-order valence-corrected chi connectivity index (χ1v) is 4.41. The Kier molecular flexibility index (Phi) is 1.99. The molecule has 0 spiro atoms. The molecule has 2 heterocycles. The highest BCUT2D eigenvalue weighted by Gasteiger charge is 2.08. The molecule has 0 aliphatic rings. The van der Waals surface area contributed by atoms with Crippen LogP contribution in [0.25, 0.3) is 11.0 Å². The van der Waals surface area contributed by atoms with Crippen LogP contribution in [-0.4, -0.2) is 20.4 Å².